The molecular weight excluding hydrogens is 925 g/mol. The van der Waals surface area contributed by atoms with Gasteiger partial charge in [-0.25, -0.2) is 13.2 Å². The molecule has 8 N–H and O–H groups in total. The van der Waals surface area contributed by atoms with E-state index >= 15 is 0 Å². The first-order valence-electron chi connectivity index (χ1n) is 9.44. The third-order valence-electron chi connectivity index (χ3n) is 2.28. The van der Waals surface area contributed by atoms with Crippen LogP contribution in [-0.2, 0) is 52.4 Å². The van der Waals surface area contributed by atoms with Gasteiger partial charge in [-0.1, -0.05) is 25.2 Å². The molecule has 0 aromatic rings. The van der Waals surface area contributed by atoms with E-state index in [2.05, 4.69) is 0 Å². The van der Waals surface area contributed by atoms with Gasteiger partial charge in [-0.15, -0.1) is 0 Å². The summed E-state index contributed by atoms with van der Waals surface area (Å²) in [6.07, 6.45) is 3.56. The summed E-state index contributed by atoms with van der Waals surface area (Å²) >= 11 is 0. The van der Waals surface area contributed by atoms with Gasteiger partial charge >= 0.3 is 326 Å². The first kappa shape index (κ1) is 87.4. The van der Waals surface area contributed by atoms with E-state index in [1.165, 1.54) is 13.0 Å². The minimum atomic E-state index is -5.07. The molecule has 0 amide bonds. The summed E-state index contributed by atoms with van der Waals surface area (Å²) in [5.41, 5.74) is -2.74. The molecule has 24 nitrogen and oxygen atoms in total. The molecule has 0 aliphatic carbocycles. The summed E-state index contributed by atoms with van der Waals surface area (Å²) in [7, 11) is -18.4. The van der Waals surface area contributed by atoms with Gasteiger partial charge in [-0.3, -0.25) is 22.9 Å². The second-order valence-electron chi connectivity index (χ2n) is 6.00. The Bertz CT molecular complexity index is 1120. The summed E-state index contributed by atoms with van der Waals surface area (Å²) in [6.45, 7) is 3.34. The number of hydrogen-bond acceptors (Lipinski definition) is 17. The largest absolute Gasteiger partial charge is 1.00 e. The van der Waals surface area contributed by atoms with E-state index < -0.39 is 83.2 Å². The Balaban J connectivity index is -0.0000000340. The molecule has 1 atom stereocenters. The summed E-state index contributed by atoms with van der Waals surface area (Å²) in [4.78, 5) is 95.2. The quantitative estimate of drug-likeness (QED) is 0.0202. The van der Waals surface area contributed by atoms with Crippen LogP contribution < -0.4 is 328 Å². The van der Waals surface area contributed by atoms with E-state index in [4.69, 9.17) is 80.6 Å². The summed E-state index contributed by atoms with van der Waals surface area (Å²) in [6, 6.07) is 0. The standard InChI is InChI=1S/C6H8O7.C6H8O2.C3H6O2.6K.H2O5S2.2H3O4P/c7-3(8)1-6(13,5(11)12)2-4(9)10;1-2-3-4-5-6(7)8;1-2-3(4)5;;;;;;;1-6(2)7(3,4)5;2*1-5(2,3)4/h13H,1-2H2,(H,7,8)(H,9,10)(H,11,12);2-5H,1H3,(H,7,8);2H2,1H3,(H,4,5);;;;;;;(H,1,2)(H,3,4,5);2*(H3,1,2,3,4)/q;;;6*+1;;;/p-6/b;3-2+,5-4+;;;;;;;;;;. The van der Waals surface area contributed by atoms with Gasteiger partial charge in [-0.2, -0.15) is 0 Å². The first-order chi connectivity index (χ1) is 18.8. The number of aliphatic carboxylic acids is 5. The number of carbonyl (C=O) groups is 5. The average Bonchev–Trinajstić information content (AvgIpc) is 2.70. The Morgan fingerprint density at radius 1 is 0.776 bits per heavy atom. The smallest absolute Gasteiger partial charge is 0.761 e. The summed E-state index contributed by atoms with van der Waals surface area (Å²) < 4.78 is 63.3. The van der Waals surface area contributed by atoms with Gasteiger partial charge in [0.1, 0.15) is 0 Å². The SMILES string of the molecule is C/C=C/C=C/C(=O)[O-].CCC(=O)[O-].O=C(O)CC(O)(CC(=O)O)C(=O)O.O=P([O-])(O)O.O=P([O-])(O)O.O=S([O-])S(=O)(=O)[O-].[K+].[K+].[K+].[K+].[K+].[K+]. The second kappa shape index (κ2) is 51.0. The minimum absolute atomic E-state index is 0. The predicted molar refractivity (Wildman–Crippen MR) is 124 cm³/mol. The van der Waals surface area contributed by atoms with Crippen LogP contribution in [-0.4, -0.2) is 97.2 Å². The van der Waals surface area contributed by atoms with Crippen LogP contribution in [0, 0.1) is 0 Å². The minimum Gasteiger partial charge on any atom is -0.761 e. The number of carboxylic acid groups (broad SMARTS) is 5. The van der Waals surface area contributed by atoms with Gasteiger partial charge in [0.15, 0.2) is 14.8 Å². The van der Waals surface area contributed by atoms with Gasteiger partial charge in [0.25, 0.3) is 15.6 Å². The molecule has 0 aliphatic heterocycles. The first-order valence-corrected chi connectivity index (χ1v) is 15.5. The van der Waals surface area contributed by atoms with E-state index in [9.17, 15) is 34.2 Å². The van der Waals surface area contributed by atoms with Crippen LogP contribution in [0.15, 0.2) is 24.3 Å². The molecule has 0 radical (unpaired) electrons. The van der Waals surface area contributed by atoms with Crippen LogP contribution in [0.3, 0.4) is 0 Å². The molecule has 49 heavy (non-hydrogen) atoms. The Kier molecular flexibility index (Phi) is 90.9. The number of aliphatic hydroxyl groups is 1. The van der Waals surface area contributed by atoms with Gasteiger partial charge in [0, 0.05) is 5.97 Å². The monoisotopic (exact) mass is 948 g/mol. The van der Waals surface area contributed by atoms with Crippen molar-refractivity contribution in [1.29, 1.82) is 0 Å². The van der Waals surface area contributed by atoms with Gasteiger partial charge in [0.05, 0.1) is 28.9 Å². The van der Waals surface area contributed by atoms with Crippen molar-refractivity contribution in [1.82, 2.24) is 0 Å². The maximum absolute atomic E-state index is 10.3. The van der Waals surface area contributed by atoms with Crippen LogP contribution in [0.25, 0.3) is 0 Å². The topological polar surface area (TPSA) is 471 Å². The summed E-state index contributed by atoms with van der Waals surface area (Å²) in [5, 5.41) is 52.7. The zero-order valence-electron chi connectivity index (χ0n) is 27.3. The molecule has 0 aromatic heterocycles. The molecule has 0 heterocycles. The fourth-order valence-corrected chi connectivity index (χ4v) is 0.959. The molecule has 1 unspecified atom stereocenters. The van der Waals surface area contributed by atoms with Crippen molar-refractivity contribution in [3.8, 4) is 0 Å². The van der Waals surface area contributed by atoms with E-state index in [0.717, 1.165) is 6.08 Å². The van der Waals surface area contributed by atoms with E-state index in [0.29, 0.717) is 0 Å². The van der Waals surface area contributed by atoms with E-state index in [1.807, 2.05) is 0 Å². The molecule has 0 saturated carbocycles. The van der Waals surface area contributed by atoms with Crippen molar-refractivity contribution in [2.75, 3.05) is 0 Å². The molecule has 34 heteroatoms. The predicted octanol–water partition coefficient (Wildman–Crippen LogP) is -25.0. The Morgan fingerprint density at radius 2 is 1.00 bits per heavy atom. The van der Waals surface area contributed by atoms with Crippen LogP contribution in [0.2, 0.25) is 0 Å². The zero-order valence-corrected chi connectivity index (χ0v) is 49.4. The normalized spacial score (nSPS) is 10.2. The van der Waals surface area contributed by atoms with Crippen LogP contribution in [0.5, 0.6) is 0 Å². The molecule has 256 valence electrons. The van der Waals surface area contributed by atoms with Crippen LogP contribution in [0.1, 0.15) is 33.1 Å². The zero-order chi connectivity index (χ0) is 36.4. The molecule has 0 aromatic carbocycles. The van der Waals surface area contributed by atoms with Crippen molar-refractivity contribution in [3.63, 3.8) is 0 Å². The second-order valence-corrected chi connectivity index (χ2v) is 11.2. The average molecular weight is 949 g/mol. The molecule has 0 aliphatic rings. The van der Waals surface area contributed by atoms with Crippen LogP contribution in [0.4, 0.5) is 0 Å². The fourth-order valence-electron chi connectivity index (χ4n) is 0.959. The molecule has 0 spiro atoms. The van der Waals surface area contributed by atoms with Crippen molar-refractivity contribution >= 4 is 64.8 Å². The van der Waals surface area contributed by atoms with Gasteiger partial charge in [-0.05, 0) is 19.4 Å². The van der Waals surface area contributed by atoms with Crippen molar-refractivity contribution in [3.05, 3.63) is 24.3 Å². The molecular formula is C15H24K6O24P2S2. The Labute approximate surface area is 536 Å². The van der Waals surface area contributed by atoms with Gasteiger partial charge in [0.2, 0.25) is 0 Å². The van der Waals surface area contributed by atoms with Gasteiger partial charge < -0.3 is 78.7 Å². The maximum Gasteiger partial charge on any atom is 1.00 e. The number of hydrogen-bond donors (Lipinski definition) is 8. The third-order valence-corrected chi connectivity index (χ3v) is 3.61. The fraction of sp³-hybridized carbons (Fsp3) is 0.400. The van der Waals surface area contributed by atoms with Crippen LogP contribution >= 0.6 is 15.6 Å². The third kappa shape index (κ3) is 119. The Morgan fingerprint density at radius 3 is 1.10 bits per heavy atom. The number of rotatable bonds is 9. The molecule has 0 saturated heterocycles. The maximum atomic E-state index is 10.3. The molecule has 0 rings (SSSR count). The van der Waals surface area contributed by atoms with Crippen molar-refractivity contribution in [2.45, 2.75) is 38.7 Å². The van der Waals surface area contributed by atoms with E-state index in [1.54, 1.807) is 19.1 Å². The van der Waals surface area contributed by atoms with Crippen molar-refractivity contribution < 1.29 is 423 Å². The summed E-state index contributed by atoms with van der Waals surface area (Å²) in [5.74, 6) is -7.18. The molecule has 0 fully saturated rings. The molecule has 0 bridgehead atoms. The van der Waals surface area contributed by atoms with E-state index in [-0.39, 0.29) is 315 Å². The number of carboxylic acids is 5. The van der Waals surface area contributed by atoms with Crippen molar-refractivity contribution in [2.24, 2.45) is 0 Å². The number of carbonyl (C=O) groups excluding carboxylic acids is 2. The Hall–Kier alpha value is 6.85. The number of phosphoric acid groups is 2. The number of allylic oxidation sites excluding steroid dienone is 3.